The predicted molar refractivity (Wildman–Crippen MR) is 71.3 cm³/mol. The lowest BCUT2D eigenvalue weighted by Gasteiger charge is -2.06. The Kier molecular flexibility index (Phi) is 4.15. The van der Waals surface area contributed by atoms with Gasteiger partial charge in [-0.15, -0.1) is 0 Å². The Bertz CT molecular complexity index is 484. The molecular weight excluding hydrogens is 226 g/mol. The summed E-state index contributed by atoms with van der Waals surface area (Å²) in [5.41, 5.74) is 3.69. The van der Waals surface area contributed by atoms with Crippen LogP contribution in [-0.4, -0.2) is 26.1 Å². The van der Waals surface area contributed by atoms with E-state index in [0.717, 1.165) is 31.9 Å². The van der Waals surface area contributed by atoms with Crippen molar-refractivity contribution < 1.29 is 0 Å². The van der Waals surface area contributed by atoms with Crippen molar-refractivity contribution in [1.82, 2.24) is 24.9 Å². The van der Waals surface area contributed by atoms with E-state index in [-0.39, 0.29) is 0 Å². The third kappa shape index (κ3) is 2.79. The van der Waals surface area contributed by atoms with Crippen molar-refractivity contribution in [1.29, 1.82) is 0 Å². The van der Waals surface area contributed by atoms with Crippen LogP contribution in [0.3, 0.4) is 0 Å². The monoisotopic (exact) mass is 247 g/mol. The predicted octanol–water partition coefficient (Wildman–Crippen LogP) is 1.51. The minimum absolute atomic E-state index is 0.857. The molecule has 0 aliphatic rings. The van der Waals surface area contributed by atoms with Crippen LogP contribution in [-0.2, 0) is 19.6 Å². The lowest BCUT2D eigenvalue weighted by atomic mass is 10.2. The molecule has 1 N–H and O–H groups in total. The molecule has 2 aromatic rings. The van der Waals surface area contributed by atoms with E-state index in [2.05, 4.69) is 41.0 Å². The van der Waals surface area contributed by atoms with E-state index < -0.39 is 0 Å². The second-order valence-electron chi connectivity index (χ2n) is 4.42. The van der Waals surface area contributed by atoms with Crippen molar-refractivity contribution in [3.05, 3.63) is 35.4 Å². The molecule has 18 heavy (non-hydrogen) atoms. The highest BCUT2D eigenvalue weighted by Crippen LogP contribution is 2.12. The summed E-state index contributed by atoms with van der Waals surface area (Å²) in [5.74, 6) is 0. The maximum atomic E-state index is 4.60. The molecule has 2 rings (SSSR count). The zero-order valence-corrected chi connectivity index (χ0v) is 11.3. The Balaban J connectivity index is 2.04. The van der Waals surface area contributed by atoms with Crippen molar-refractivity contribution in [2.24, 2.45) is 0 Å². The van der Waals surface area contributed by atoms with E-state index >= 15 is 0 Å². The summed E-state index contributed by atoms with van der Waals surface area (Å²) in [7, 11) is 0. The van der Waals surface area contributed by atoms with Gasteiger partial charge < -0.3 is 5.32 Å². The molecule has 0 aliphatic heterocycles. The Hall–Kier alpha value is -1.62. The van der Waals surface area contributed by atoms with Gasteiger partial charge in [0.1, 0.15) is 0 Å². The molecule has 98 valence electrons. The largest absolute Gasteiger partial charge is 0.313 e. The first kappa shape index (κ1) is 12.8. The van der Waals surface area contributed by atoms with Crippen LogP contribution in [0.2, 0.25) is 0 Å². The SMILES string of the molecule is CCNCc1c(C)nn(CCn2cccn2)c1C. The lowest BCUT2D eigenvalue weighted by Crippen LogP contribution is -2.14. The quantitative estimate of drug-likeness (QED) is 0.841. The van der Waals surface area contributed by atoms with Gasteiger partial charge in [-0.1, -0.05) is 6.92 Å². The fourth-order valence-corrected chi connectivity index (χ4v) is 2.09. The second kappa shape index (κ2) is 5.82. The summed E-state index contributed by atoms with van der Waals surface area (Å²) in [6.45, 7) is 9.93. The van der Waals surface area contributed by atoms with Gasteiger partial charge in [-0.2, -0.15) is 10.2 Å². The molecule has 0 atom stereocenters. The van der Waals surface area contributed by atoms with Gasteiger partial charge in [0.2, 0.25) is 0 Å². The van der Waals surface area contributed by atoms with Crippen molar-refractivity contribution >= 4 is 0 Å². The van der Waals surface area contributed by atoms with Crippen molar-refractivity contribution in [2.75, 3.05) is 6.54 Å². The molecule has 5 heteroatoms. The van der Waals surface area contributed by atoms with Gasteiger partial charge in [0, 0.05) is 30.2 Å². The number of hydrogen-bond donors (Lipinski definition) is 1. The van der Waals surface area contributed by atoms with Gasteiger partial charge in [0.15, 0.2) is 0 Å². The third-order valence-electron chi connectivity index (χ3n) is 3.18. The number of nitrogens with one attached hydrogen (secondary N) is 1. The Labute approximate surface area is 108 Å². The first-order valence-electron chi connectivity index (χ1n) is 6.43. The fourth-order valence-electron chi connectivity index (χ4n) is 2.09. The molecule has 0 amide bonds. The van der Waals surface area contributed by atoms with Crippen LogP contribution < -0.4 is 5.32 Å². The number of rotatable bonds is 6. The molecular formula is C13H21N5. The van der Waals surface area contributed by atoms with E-state index in [4.69, 9.17) is 0 Å². The molecule has 5 nitrogen and oxygen atoms in total. The molecule has 0 aromatic carbocycles. The Morgan fingerprint density at radius 3 is 2.78 bits per heavy atom. The number of aryl methyl sites for hydroxylation is 3. The first-order valence-corrected chi connectivity index (χ1v) is 6.43. The van der Waals surface area contributed by atoms with E-state index in [0.29, 0.717) is 0 Å². The van der Waals surface area contributed by atoms with Crippen LogP contribution in [0.5, 0.6) is 0 Å². The van der Waals surface area contributed by atoms with Crippen LogP contribution >= 0.6 is 0 Å². The van der Waals surface area contributed by atoms with E-state index in [9.17, 15) is 0 Å². The van der Waals surface area contributed by atoms with Crippen LogP contribution in [0.15, 0.2) is 18.5 Å². The molecule has 0 fully saturated rings. The zero-order valence-electron chi connectivity index (χ0n) is 11.3. The maximum absolute atomic E-state index is 4.60. The normalized spacial score (nSPS) is 11.1. The average Bonchev–Trinajstić information content (AvgIpc) is 2.95. The van der Waals surface area contributed by atoms with Gasteiger partial charge >= 0.3 is 0 Å². The average molecular weight is 247 g/mol. The highest BCUT2D eigenvalue weighted by Gasteiger charge is 2.10. The van der Waals surface area contributed by atoms with Crippen LogP contribution in [0.1, 0.15) is 23.9 Å². The standard InChI is InChI=1S/C13H21N5/c1-4-14-10-13-11(2)16-18(12(13)3)9-8-17-7-5-6-15-17/h5-7,14H,4,8-10H2,1-3H3. The molecule has 0 saturated heterocycles. The van der Waals surface area contributed by atoms with Gasteiger partial charge in [-0.25, -0.2) is 0 Å². The topological polar surface area (TPSA) is 47.7 Å². The number of hydrogen-bond acceptors (Lipinski definition) is 3. The van der Waals surface area contributed by atoms with Crippen molar-refractivity contribution in [3.8, 4) is 0 Å². The number of nitrogens with zero attached hydrogens (tertiary/aromatic N) is 4. The summed E-state index contributed by atoms with van der Waals surface area (Å²) in [4.78, 5) is 0. The molecule has 0 bridgehead atoms. The van der Waals surface area contributed by atoms with E-state index in [1.165, 1.54) is 11.3 Å². The summed E-state index contributed by atoms with van der Waals surface area (Å²) < 4.78 is 4.00. The smallest absolute Gasteiger partial charge is 0.0641 e. The molecule has 0 spiro atoms. The minimum Gasteiger partial charge on any atom is -0.313 e. The van der Waals surface area contributed by atoms with Gasteiger partial charge in [0.25, 0.3) is 0 Å². The first-order chi connectivity index (χ1) is 8.72. The third-order valence-corrected chi connectivity index (χ3v) is 3.18. The number of aromatic nitrogens is 4. The molecule has 0 unspecified atom stereocenters. The Morgan fingerprint density at radius 2 is 2.11 bits per heavy atom. The van der Waals surface area contributed by atoms with E-state index in [1.807, 2.05) is 16.9 Å². The van der Waals surface area contributed by atoms with E-state index in [1.54, 1.807) is 6.20 Å². The highest BCUT2D eigenvalue weighted by molar-refractivity contribution is 5.24. The molecule has 2 heterocycles. The van der Waals surface area contributed by atoms with Crippen molar-refractivity contribution in [3.63, 3.8) is 0 Å². The van der Waals surface area contributed by atoms with Gasteiger partial charge in [-0.05, 0) is 26.5 Å². The Morgan fingerprint density at radius 1 is 1.28 bits per heavy atom. The zero-order chi connectivity index (χ0) is 13.0. The molecule has 0 aliphatic carbocycles. The molecule has 0 radical (unpaired) electrons. The maximum Gasteiger partial charge on any atom is 0.0641 e. The van der Waals surface area contributed by atoms with Crippen molar-refractivity contribution in [2.45, 2.75) is 40.4 Å². The van der Waals surface area contributed by atoms with Crippen LogP contribution in [0, 0.1) is 13.8 Å². The summed E-state index contributed by atoms with van der Waals surface area (Å²) in [6.07, 6.45) is 3.78. The van der Waals surface area contributed by atoms with Gasteiger partial charge in [0.05, 0.1) is 18.8 Å². The molecule has 2 aromatic heterocycles. The summed E-state index contributed by atoms with van der Waals surface area (Å²) in [6, 6.07) is 1.94. The lowest BCUT2D eigenvalue weighted by molar-refractivity contribution is 0.490. The summed E-state index contributed by atoms with van der Waals surface area (Å²) in [5, 5.41) is 12.2. The molecule has 0 saturated carbocycles. The van der Waals surface area contributed by atoms with Crippen LogP contribution in [0.4, 0.5) is 0 Å². The fraction of sp³-hybridized carbons (Fsp3) is 0.538. The summed E-state index contributed by atoms with van der Waals surface area (Å²) >= 11 is 0. The van der Waals surface area contributed by atoms with Gasteiger partial charge in [-0.3, -0.25) is 9.36 Å². The van der Waals surface area contributed by atoms with Crippen LogP contribution in [0.25, 0.3) is 0 Å². The highest BCUT2D eigenvalue weighted by atomic mass is 15.3. The minimum atomic E-state index is 0.857. The second-order valence-corrected chi connectivity index (χ2v) is 4.42.